The highest BCUT2D eigenvalue weighted by molar-refractivity contribution is 14.1. The van der Waals surface area contributed by atoms with Crippen molar-refractivity contribution in [3.8, 4) is 0 Å². The molecule has 2 nitrogen and oxygen atoms in total. The second-order valence-corrected chi connectivity index (χ2v) is 4.33. The fourth-order valence-electron chi connectivity index (χ4n) is 1.11. The van der Waals surface area contributed by atoms with Crippen LogP contribution in [0.1, 0.15) is 12.5 Å². The summed E-state index contributed by atoms with van der Waals surface area (Å²) in [6.07, 6.45) is 0.974. The Morgan fingerprint density at radius 2 is 2.31 bits per heavy atom. The third-order valence-corrected chi connectivity index (χ3v) is 2.48. The van der Waals surface area contributed by atoms with E-state index in [9.17, 15) is 0 Å². The first-order chi connectivity index (χ1) is 6.13. The second-order valence-electron chi connectivity index (χ2n) is 2.64. The molecule has 0 radical (unpaired) electrons. The molecule has 3 N–H and O–H groups in total. The minimum Gasteiger partial charge on any atom is -0.376 e. The van der Waals surface area contributed by atoms with Crippen molar-refractivity contribution in [2.45, 2.75) is 13.3 Å². The predicted molar refractivity (Wildman–Crippen MR) is 68.9 cm³/mol. The molecule has 0 fully saturated rings. The average molecular weight is 306 g/mol. The van der Waals surface area contributed by atoms with Gasteiger partial charge in [0.25, 0.3) is 0 Å². The fraction of sp³-hybridized carbons (Fsp3) is 0.222. The van der Waals surface area contributed by atoms with Crippen molar-refractivity contribution in [3.63, 3.8) is 0 Å². The van der Waals surface area contributed by atoms with Gasteiger partial charge in [0, 0.05) is 9.26 Å². The van der Waals surface area contributed by atoms with Crippen LogP contribution in [0.25, 0.3) is 0 Å². The molecule has 0 heterocycles. The minimum absolute atomic E-state index is 0.316. The Morgan fingerprint density at radius 1 is 1.62 bits per heavy atom. The zero-order chi connectivity index (χ0) is 9.84. The number of nitrogens with one attached hydrogen (secondary N) is 1. The van der Waals surface area contributed by atoms with Crippen molar-refractivity contribution in [1.29, 1.82) is 0 Å². The van der Waals surface area contributed by atoms with Crippen LogP contribution >= 0.6 is 34.8 Å². The van der Waals surface area contributed by atoms with Crippen LogP contribution in [0, 0.1) is 3.57 Å². The second kappa shape index (κ2) is 4.76. The molecule has 0 aliphatic carbocycles. The SMILES string of the molecule is CCc1cc(I)ccc1NC(N)=S. The van der Waals surface area contributed by atoms with E-state index in [2.05, 4.69) is 40.9 Å². The van der Waals surface area contributed by atoms with Gasteiger partial charge in [-0.25, -0.2) is 0 Å². The molecule has 0 saturated carbocycles. The van der Waals surface area contributed by atoms with Crippen molar-refractivity contribution < 1.29 is 0 Å². The van der Waals surface area contributed by atoms with E-state index in [4.69, 9.17) is 18.0 Å². The molecule has 0 unspecified atom stereocenters. The first-order valence-electron chi connectivity index (χ1n) is 3.98. The maximum atomic E-state index is 5.40. The van der Waals surface area contributed by atoms with Gasteiger partial charge in [-0.3, -0.25) is 0 Å². The predicted octanol–water partition coefficient (Wildman–Crippen LogP) is 2.51. The lowest BCUT2D eigenvalue weighted by Crippen LogP contribution is -2.19. The number of thiocarbonyl (C=S) groups is 1. The Hall–Kier alpha value is -0.360. The van der Waals surface area contributed by atoms with Gasteiger partial charge in [-0.05, 0) is 65.0 Å². The van der Waals surface area contributed by atoms with E-state index in [1.165, 1.54) is 9.13 Å². The number of benzene rings is 1. The highest BCUT2D eigenvalue weighted by Crippen LogP contribution is 2.19. The van der Waals surface area contributed by atoms with E-state index in [-0.39, 0.29) is 0 Å². The van der Waals surface area contributed by atoms with E-state index in [0.717, 1.165) is 12.1 Å². The molecule has 1 aromatic carbocycles. The highest BCUT2D eigenvalue weighted by atomic mass is 127. The van der Waals surface area contributed by atoms with E-state index in [1.54, 1.807) is 0 Å². The topological polar surface area (TPSA) is 38.0 Å². The Kier molecular flexibility index (Phi) is 3.92. The Balaban J connectivity index is 2.99. The molecule has 0 aliphatic heterocycles. The number of halogens is 1. The fourth-order valence-corrected chi connectivity index (χ4v) is 1.78. The minimum atomic E-state index is 0.316. The summed E-state index contributed by atoms with van der Waals surface area (Å²) in [7, 11) is 0. The molecule has 0 aliphatic rings. The molecule has 0 spiro atoms. The summed E-state index contributed by atoms with van der Waals surface area (Å²) < 4.78 is 1.22. The Bertz CT molecular complexity index is 325. The zero-order valence-electron chi connectivity index (χ0n) is 7.30. The van der Waals surface area contributed by atoms with Crippen LogP contribution in [0.5, 0.6) is 0 Å². The molecule has 0 bridgehead atoms. The van der Waals surface area contributed by atoms with Crippen LogP contribution in [0.15, 0.2) is 18.2 Å². The summed E-state index contributed by atoms with van der Waals surface area (Å²) in [6.45, 7) is 2.11. The number of hydrogen-bond acceptors (Lipinski definition) is 1. The third-order valence-electron chi connectivity index (χ3n) is 1.71. The van der Waals surface area contributed by atoms with Crippen LogP contribution in [-0.2, 0) is 6.42 Å². The van der Waals surface area contributed by atoms with Gasteiger partial charge in [-0.1, -0.05) is 6.92 Å². The highest BCUT2D eigenvalue weighted by Gasteiger charge is 2.01. The van der Waals surface area contributed by atoms with Crippen LogP contribution in [0.3, 0.4) is 0 Å². The van der Waals surface area contributed by atoms with E-state index < -0.39 is 0 Å². The lowest BCUT2D eigenvalue weighted by Gasteiger charge is -2.09. The van der Waals surface area contributed by atoms with Crippen LogP contribution in [-0.4, -0.2) is 5.11 Å². The maximum Gasteiger partial charge on any atom is 0.168 e. The quantitative estimate of drug-likeness (QED) is 0.651. The Morgan fingerprint density at radius 3 is 2.85 bits per heavy atom. The molecule has 0 aromatic heterocycles. The van der Waals surface area contributed by atoms with E-state index in [1.807, 2.05) is 12.1 Å². The van der Waals surface area contributed by atoms with E-state index >= 15 is 0 Å². The number of nitrogens with two attached hydrogens (primary N) is 1. The molecule has 0 atom stereocenters. The molecule has 1 aromatic rings. The average Bonchev–Trinajstić information content (AvgIpc) is 2.07. The van der Waals surface area contributed by atoms with Crippen molar-refractivity contribution in [1.82, 2.24) is 0 Å². The molecule has 0 saturated heterocycles. The summed E-state index contributed by atoms with van der Waals surface area (Å²) >= 11 is 7.07. The van der Waals surface area contributed by atoms with Crippen molar-refractivity contribution in [2.75, 3.05) is 5.32 Å². The van der Waals surface area contributed by atoms with Gasteiger partial charge in [0.05, 0.1) is 0 Å². The maximum absolute atomic E-state index is 5.40. The van der Waals surface area contributed by atoms with Crippen LogP contribution < -0.4 is 11.1 Å². The van der Waals surface area contributed by atoms with Gasteiger partial charge >= 0.3 is 0 Å². The molecule has 0 amide bonds. The van der Waals surface area contributed by atoms with Gasteiger partial charge in [-0.2, -0.15) is 0 Å². The largest absolute Gasteiger partial charge is 0.376 e. The Labute approximate surface area is 97.0 Å². The van der Waals surface area contributed by atoms with Crippen molar-refractivity contribution in [3.05, 3.63) is 27.3 Å². The van der Waals surface area contributed by atoms with Gasteiger partial charge < -0.3 is 11.1 Å². The number of anilines is 1. The molecular formula is C9H11IN2S. The normalized spacial score (nSPS) is 9.69. The summed E-state index contributed by atoms with van der Waals surface area (Å²) in [5.41, 5.74) is 7.65. The van der Waals surface area contributed by atoms with Gasteiger partial charge in [0.15, 0.2) is 5.11 Å². The lowest BCUT2D eigenvalue weighted by atomic mass is 10.1. The van der Waals surface area contributed by atoms with Gasteiger partial charge in [0.2, 0.25) is 0 Å². The number of hydrogen-bond donors (Lipinski definition) is 2. The monoisotopic (exact) mass is 306 g/mol. The van der Waals surface area contributed by atoms with Crippen LogP contribution in [0.2, 0.25) is 0 Å². The third kappa shape index (κ3) is 3.11. The van der Waals surface area contributed by atoms with E-state index in [0.29, 0.717) is 5.11 Å². The first-order valence-corrected chi connectivity index (χ1v) is 5.47. The zero-order valence-corrected chi connectivity index (χ0v) is 10.3. The van der Waals surface area contributed by atoms with Gasteiger partial charge in [-0.15, -0.1) is 0 Å². The standard InChI is InChI=1S/C9H11IN2S/c1-2-6-5-7(10)3-4-8(6)12-9(11)13/h3-5H,2H2,1H3,(H3,11,12,13). The first kappa shape index (κ1) is 10.7. The summed E-state index contributed by atoms with van der Waals surface area (Å²) in [6, 6.07) is 6.15. The number of rotatable bonds is 2. The molecule has 70 valence electrons. The number of aryl methyl sites for hydroxylation is 1. The summed E-state index contributed by atoms with van der Waals surface area (Å²) in [5, 5.41) is 3.27. The molecular weight excluding hydrogens is 295 g/mol. The smallest absolute Gasteiger partial charge is 0.168 e. The summed E-state index contributed by atoms with van der Waals surface area (Å²) in [4.78, 5) is 0. The van der Waals surface area contributed by atoms with Crippen molar-refractivity contribution >= 4 is 45.6 Å². The molecule has 13 heavy (non-hydrogen) atoms. The lowest BCUT2D eigenvalue weighted by molar-refractivity contribution is 1.14. The van der Waals surface area contributed by atoms with Crippen molar-refractivity contribution in [2.24, 2.45) is 5.73 Å². The molecule has 4 heteroatoms. The molecule has 1 rings (SSSR count). The van der Waals surface area contributed by atoms with Gasteiger partial charge in [0.1, 0.15) is 0 Å². The summed E-state index contributed by atoms with van der Waals surface area (Å²) in [5.74, 6) is 0. The van der Waals surface area contributed by atoms with Crippen LogP contribution in [0.4, 0.5) is 5.69 Å².